The lowest BCUT2D eigenvalue weighted by molar-refractivity contribution is -0.671. The first-order valence-corrected chi connectivity index (χ1v) is 23.1. The molecule has 0 atom stereocenters. The molecule has 72 heavy (non-hydrogen) atoms. The molecule has 11 aromatic rings. The summed E-state index contributed by atoms with van der Waals surface area (Å²) in [6, 6.07) is 38.7. The molecule has 8 bridgehead atoms. The van der Waals surface area contributed by atoms with Gasteiger partial charge in [0.15, 0.2) is 71.1 Å². The van der Waals surface area contributed by atoms with Gasteiger partial charge in [-0.25, -0.2) is 48.2 Å². The van der Waals surface area contributed by atoms with E-state index in [0.29, 0.717) is 91.9 Å². The van der Waals surface area contributed by atoms with Crippen LogP contribution in [0.25, 0.3) is 89.7 Å². The molecule has 0 radical (unpaired) electrons. The molecule has 346 valence electrons. The lowest BCUT2D eigenvalue weighted by atomic mass is 10.1. The molecule has 0 spiro atoms. The van der Waals surface area contributed by atoms with Crippen LogP contribution in [-0.2, 0) is 28.2 Å². The van der Waals surface area contributed by atoms with Gasteiger partial charge < -0.3 is 28.9 Å². The molecule has 4 aromatic carbocycles. The number of ether oxygens (including phenoxy) is 4. The first kappa shape index (κ1) is 42.2. The third-order valence-corrected chi connectivity index (χ3v) is 12.3. The van der Waals surface area contributed by atoms with Gasteiger partial charge in [0.2, 0.25) is 24.8 Å². The van der Waals surface area contributed by atoms with Gasteiger partial charge in [-0.3, -0.25) is 0 Å². The van der Waals surface area contributed by atoms with Crippen LogP contribution >= 0.6 is 0 Å². The summed E-state index contributed by atoms with van der Waals surface area (Å²) in [4.78, 5) is 38.6. The van der Waals surface area contributed by atoms with Gasteiger partial charge in [0, 0.05) is 68.1 Å². The van der Waals surface area contributed by atoms with Crippen molar-refractivity contribution < 1.29 is 37.2 Å². The average molecular weight is 947 g/mol. The van der Waals surface area contributed by atoms with Crippen molar-refractivity contribution in [1.82, 2.24) is 39.9 Å². The third-order valence-electron chi connectivity index (χ3n) is 12.3. The number of H-pyrrole nitrogens is 2. The number of aromatic amines is 2. The SMILES string of the molecule is C[n+]1cccc(Oc2ccc3c(c2)-c2nc-3nc3[nH]c(nc4nc(nc5[nH]c(n2)c2ccc(Oc6ccc[n+](C)c6)cc52)-c2cc(Oc5ccc[n+](C)c5)ccc2-4)c2ccc(Oc4ccc[n+](C)c4)cc32)c1. The van der Waals surface area contributed by atoms with E-state index in [1.807, 2.05) is 217 Å². The zero-order valence-electron chi connectivity index (χ0n) is 39.3. The predicted molar refractivity (Wildman–Crippen MR) is 267 cm³/mol. The monoisotopic (exact) mass is 946 g/mol. The molecular formula is C56H42N12O4+4. The number of benzene rings is 4. The lowest BCUT2D eigenvalue weighted by Gasteiger charge is -2.06. The normalized spacial score (nSPS) is 11.6. The lowest BCUT2D eigenvalue weighted by Crippen LogP contribution is -2.25. The van der Waals surface area contributed by atoms with E-state index in [0.717, 1.165) is 43.8 Å². The van der Waals surface area contributed by atoms with Crippen LogP contribution in [0.2, 0.25) is 0 Å². The molecule has 2 N–H and O–H groups in total. The summed E-state index contributed by atoms with van der Waals surface area (Å²) in [7, 11) is 7.81. The first-order valence-electron chi connectivity index (χ1n) is 23.1. The molecule has 0 saturated carbocycles. The standard InChI is InChI=1S/C56H42N12O4/c1-65-21-5-9-37(29-65)69-33-13-17-41-45(25-33)53-58-49(41)57-50-42-18-14-35(71-39-11-7-23-67(3)31-39)27-47(42)55(59-50)64-56-48-28-36(72-40-12-8-24-68(4)32-40)16-20-44(48)52(63-56)62-54-46-26-34(15-19-43(46)51(60-53)61-54)70-38-10-6-22-66(2)30-38/h5-32H,1-4H3,(H2,57,58,59,60,61,62,63,64)/q+4. The van der Waals surface area contributed by atoms with Gasteiger partial charge in [-0.2, -0.15) is 0 Å². The molecule has 0 unspecified atom stereocenters. The Hall–Kier alpha value is -9.96. The number of aryl methyl sites for hydroxylation is 4. The van der Waals surface area contributed by atoms with E-state index in [1.165, 1.54) is 0 Å². The van der Waals surface area contributed by atoms with Crippen molar-refractivity contribution in [3.8, 4) is 91.5 Å². The Morgan fingerprint density at radius 2 is 0.611 bits per heavy atom. The van der Waals surface area contributed by atoms with Crippen LogP contribution in [-0.4, -0.2) is 39.9 Å². The zero-order chi connectivity index (χ0) is 48.5. The van der Waals surface area contributed by atoms with Crippen LogP contribution in [0.4, 0.5) is 0 Å². The van der Waals surface area contributed by atoms with Gasteiger partial charge in [-0.1, -0.05) is 0 Å². The first-order chi connectivity index (χ1) is 35.2. The Morgan fingerprint density at radius 1 is 0.306 bits per heavy atom. The molecule has 0 saturated heterocycles. The molecule has 2 aliphatic heterocycles. The van der Waals surface area contributed by atoms with Crippen molar-refractivity contribution in [2.45, 2.75) is 0 Å². The van der Waals surface area contributed by atoms with Crippen LogP contribution in [0, 0.1) is 0 Å². The van der Waals surface area contributed by atoms with E-state index in [9.17, 15) is 0 Å². The van der Waals surface area contributed by atoms with Crippen molar-refractivity contribution in [2.24, 2.45) is 28.2 Å². The maximum Gasteiger partial charge on any atom is 0.211 e. The number of fused-ring (bicyclic) bond motifs is 20. The van der Waals surface area contributed by atoms with Crippen LogP contribution in [0.3, 0.4) is 0 Å². The fourth-order valence-electron chi connectivity index (χ4n) is 8.99. The van der Waals surface area contributed by atoms with Crippen molar-refractivity contribution in [2.75, 3.05) is 0 Å². The topological polar surface area (TPSA) is 161 Å². The van der Waals surface area contributed by atoms with E-state index in [4.69, 9.17) is 48.9 Å². The second-order valence-electron chi connectivity index (χ2n) is 17.7. The molecule has 7 aromatic heterocycles. The molecule has 0 amide bonds. The van der Waals surface area contributed by atoms with Crippen LogP contribution in [0.1, 0.15) is 0 Å². The molecule has 16 nitrogen and oxygen atoms in total. The van der Waals surface area contributed by atoms with Crippen LogP contribution in [0.15, 0.2) is 171 Å². The summed E-state index contributed by atoms with van der Waals surface area (Å²) in [5.41, 5.74) is 5.04. The van der Waals surface area contributed by atoms with Crippen LogP contribution < -0.4 is 37.2 Å². The molecule has 16 heteroatoms. The van der Waals surface area contributed by atoms with Crippen molar-refractivity contribution in [1.29, 1.82) is 0 Å². The molecule has 2 aliphatic rings. The zero-order valence-corrected chi connectivity index (χ0v) is 39.3. The molecular weight excluding hydrogens is 905 g/mol. The van der Waals surface area contributed by atoms with E-state index >= 15 is 0 Å². The summed E-state index contributed by atoms with van der Waals surface area (Å²) in [6.07, 6.45) is 15.5. The summed E-state index contributed by atoms with van der Waals surface area (Å²) in [5, 5.41) is 3.08. The quantitative estimate of drug-likeness (QED) is 0.141. The summed E-state index contributed by atoms with van der Waals surface area (Å²) in [6.45, 7) is 0. The number of nitrogens with one attached hydrogen (secondary N) is 2. The molecule has 0 fully saturated rings. The Labute approximate surface area is 410 Å². The number of hydrogen-bond acceptors (Lipinski definition) is 10. The van der Waals surface area contributed by atoms with E-state index in [-0.39, 0.29) is 0 Å². The second-order valence-corrected chi connectivity index (χ2v) is 17.7. The van der Waals surface area contributed by atoms with Gasteiger partial charge >= 0.3 is 0 Å². The highest BCUT2D eigenvalue weighted by molar-refractivity contribution is 6.07. The van der Waals surface area contributed by atoms with Gasteiger partial charge in [0.25, 0.3) is 0 Å². The molecule has 13 rings (SSSR count). The highest BCUT2D eigenvalue weighted by Crippen LogP contribution is 2.41. The molecule has 0 aliphatic carbocycles. The maximum absolute atomic E-state index is 6.42. The highest BCUT2D eigenvalue weighted by Gasteiger charge is 2.25. The summed E-state index contributed by atoms with van der Waals surface area (Å²) >= 11 is 0. The van der Waals surface area contributed by atoms with Gasteiger partial charge in [-0.05, 0) is 97.1 Å². The maximum atomic E-state index is 6.42. The fraction of sp³-hybridized carbons (Fsp3) is 0.0714. The predicted octanol–water partition coefficient (Wildman–Crippen LogP) is 9.34. The number of nitrogens with zero attached hydrogens (tertiary/aromatic N) is 10. The van der Waals surface area contributed by atoms with E-state index in [2.05, 4.69) is 9.97 Å². The Balaban J connectivity index is 1.07. The Kier molecular flexibility index (Phi) is 9.91. The molecule has 9 heterocycles. The number of hydrogen-bond donors (Lipinski definition) is 2. The van der Waals surface area contributed by atoms with Crippen molar-refractivity contribution in [3.63, 3.8) is 0 Å². The summed E-state index contributed by atoms with van der Waals surface area (Å²) < 4.78 is 33.4. The number of aromatic nitrogens is 12. The van der Waals surface area contributed by atoms with Crippen molar-refractivity contribution in [3.05, 3.63) is 171 Å². The smallest absolute Gasteiger partial charge is 0.211 e. The highest BCUT2D eigenvalue weighted by atomic mass is 16.5. The minimum Gasteiger partial charge on any atom is -0.451 e. The van der Waals surface area contributed by atoms with Gasteiger partial charge in [0.05, 0.1) is 0 Å². The van der Waals surface area contributed by atoms with Gasteiger partial charge in [-0.15, -0.1) is 0 Å². The number of pyridine rings is 4. The minimum atomic E-state index is 0.416. The Morgan fingerprint density at radius 3 is 0.958 bits per heavy atom. The largest absolute Gasteiger partial charge is 0.451 e. The van der Waals surface area contributed by atoms with Gasteiger partial charge in [0.1, 0.15) is 73.8 Å². The number of rotatable bonds is 8. The van der Waals surface area contributed by atoms with E-state index in [1.54, 1.807) is 0 Å². The van der Waals surface area contributed by atoms with E-state index < -0.39 is 0 Å². The van der Waals surface area contributed by atoms with Crippen LogP contribution in [0.5, 0.6) is 46.0 Å². The van der Waals surface area contributed by atoms with Crippen molar-refractivity contribution >= 4 is 44.1 Å². The fourth-order valence-corrected chi connectivity index (χ4v) is 8.99. The third kappa shape index (κ3) is 7.97. The average Bonchev–Trinajstić information content (AvgIpc) is 4.09. The summed E-state index contributed by atoms with van der Waals surface area (Å²) in [5.74, 6) is 6.88. The Bertz CT molecular complexity index is 4210. The second kappa shape index (κ2) is 16.9. The minimum absolute atomic E-state index is 0.416.